The van der Waals surface area contributed by atoms with Crippen LogP contribution in [0.2, 0.25) is 0 Å². The van der Waals surface area contributed by atoms with Gasteiger partial charge in [0.1, 0.15) is 11.6 Å². The van der Waals surface area contributed by atoms with Crippen molar-refractivity contribution in [1.29, 1.82) is 0 Å². The van der Waals surface area contributed by atoms with Crippen molar-refractivity contribution in [2.45, 2.75) is 32.0 Å². The number of hydrogen-bond donors (Lipinski definition) is 2. The van der Waals surface area contributed by atoms with E-state index in [1.807, 2.05) is 0 Å². The Morgan fingerprint density at radius 1 is 1.33 bits per heavy atom. The number of aliphatic carboxylic acids is 1. The number of carboxylic acids is 1. The van der Waals surface area contributed by atoms with E-state index < -0.39 is 35.4 Å². The van der Waals surface area contributed by atoms with Gasteiger partial charge in [-0.25, -0.2) is 9.18 Å². The van der Waals surface area contributed by atoms with Crippen LogP contribution < -0.4 is 4.74 Å². The number of benzene rings is 1. The molecule has 0 aromatic heterocycles. The lowest BCUT2D eigenvalue weighted by Crippen LogP contribution is -2.62. The number of hydrogen-bond acceptors (Lipinski definition) is 3. The average molecular weight is 350 g/mol. The Hall–Kier alpha value is -2.09. The predicted molar refractivity (Wildman–Crippen MR) is 79.0 cm³/mol. The highest BCUT2D eigenvalue weighted by molar-refractivity contribution is 5.86. The number of alkyl halides is 3. The molecule has 0 amide bonds. The number of carboxylic acid groups (broad SMARTS) is 1. The Balaban J connectivity index is 3.64. The zero-order valence-corrected chi connectivity index (χ0v) is 13.4. The summed E-state index contributed by atoms with van der Waals surface area (Å²) in [5.41, 5.74) is -6.75. The van der Waals surface area contributed by atoms with E-state index in [9.17, 15) is 27.5 Å². The van der Waals surface area contributed by atoms with Crippen LogP contribution in [-0.4, -0.2) is 35.1 Å². The third kappa shape index (κ3) is 2.86. The van der Waals surface area contributed by atoms with Crippen LogP contribution in [0.1, 0.15) is 25.8 Å². The van der Waals surface area contributed by atoms with Gasteiger partial charge in [0.25, 0.3) is 5.60 Å². The van der Waals surface area contributed by atoms with Crippen molar-refractivity contribution in [3.05, 3.63) is 36.2 Å². The Morgan fingerprint density at radius 2 is 1.88 bits per heavy atom. The third-order valence-corrected chi connectivity index (χ3v) is 4.38. The van der Waals surface area contributed by atoms with Crippen molar-refractivity contribution in [2.24, 2.45) is 5.41 Å². The van der Waals surface area contributed by atoms with Crippen LogP contribution in [0.25, 0.3) is 5.57 Å². The minimum Gasteiger partial charge on any atom is -0.496 e. The lowest BCUT2D eigenvalue weighted by atomic mass is 9.64. The highest BCUT2D eigenvalue weighted by atomic mass is 19.4. The maximum Gasteiger partial charge on any atom is 0.429 e. The highest BCUT2D eigenvalue weighted by Crippen LogP contribution is 2.53. The van der Waals surface area contributed by atoms with Crippen LogP contribution in [0, 0.1) is 11.2 Å². The molecule has 8 heteroatoms. The van der Waals surface area contributed by atoms with E-state index >= 15 is 0 Å². The van der Waals surface area contributed by atoms with Crippen LogP contribution in [0.15, 0.2) is 24.8 Å². The fourth-order valence-electron chi connectivity index (χ4n) is 2.57. The van der Waals surface area contributed by atoms with Crippen molar-refractivity contribution in [3.8, 4) is 5.75 Å². The predicted octanol–water partition coefficient (Wildman–Crippen LogP) is 3.64. The van der Waals surface area contributed by atoms with Crippen LogP contribution in [-0.2, 0) is 4.79 Å². The molecule has 0 heterocycles. The number of aliphatic hydroxyl groups is 1. The van der Waals surface area contributed by atoms with Gasteiger partial charge in [-0.05, 0) is 24.1 Å². The smallest absolute Gasteiger partial charge is 0.429 e. The van der Waals surface area contributed by atoms with Gasteiger partial charge in [-0.1, -0.05) is 20.4 Å². The summed E-state index contributed by atoms with van der Waals surface area (Å²) in [4.78, 5) is 11.3. The van der Waals surface area contributed by atoms with E-state index in [-0.39, 0.29) is 16.9 Å². The van der Waals surface area contributed by atoms with E-state index in [1.165, 1.54) is 14.0 Å². The summed E-state index contributed by atoms with van der Waals surface area (Å²) in [7, 11) is 1.18. The van der Waals surface area contributed by atoms with Gasteiger partial charge in [0.2, 0.25) is 0 Å². The molecule has 134 valence electrons. The van der Waals surface area contributed by atoms with Gasteiger partial charge in [-0.3, -0.25) is 0 Å². The minimum atomic E-state index is -5.46. The zero-order chi connectivity index (χ0) is 18.9. The molecule has 0 radical (unpaired) electrons. The quantitative estimate of drug-likeness (QED) is 0.769. The van der Waals surface area contributed by atoms with Gasteiger partial charge in [-0.2, -0.15) is 13.2 Å². The Morgan fingerprint density at radius 3 is 2.25 bits per heavy atom. The minimum absolute atomic E-state index is 0.0211. The second-order valence-electron chi connectivity index (χ2n) is 5.52. The standard InChI is InChI=1S/C16H18F4O4/c1-5-14(3,15(23,13(21)22)16(18,19)20)9(2)11-7-6-10(17)8-12(11)24-4/h6-8,23H,2,5H2,1,3-4H3,(H,21,22). The van der Waals surface area contributed by atoms with Gasteiger partial charge in [0.15, 0.2) is 0 Å². The van der Waals surface area contributed by atoms with E-state index in [0.717, 1.165) is 25.1 Å². The molecule has 0 bridgehead atoms. The molecule has 1 aromatic rings. The number of rotatable bonds is 6. The summed E-state index contributed by atoms with van der Waals surface area (Å²) in [5.74, 6) is -3.25. The maximum absolute atomic E-state index is 13.4. The second-order valence-corrected chi connectivity index (χ2v) is 5.52. The topological polar surface area (TPSA) is 66.8 Å². The van der Waals surface area contributed by atoms with Crippen molar-refractivity contribution in [1.82, 2.24) is 0 Å². The normalized spacial score (nSPS) is 16.8. The molecule has 1 aromatic carbocycles. The highest BCUT2D eigenvalue weighted by Gasteiger charge is 2.70. The summed E-state index contributed by atoms with van der Waals surface area (Å²) < 4.78 is 58.4. The first kappa shape index (κ1) is 20.0. The molecule has 0 saturated carbocycles. The van der Waals surface area contributed by atoms with E-state index in [2.05, 4.69) is 6.58 Å². The molecule has 2 unspecified atom stereocenters. The summed E-state index contributed by atoms with van der Waals surface area (Å²) in [6, 6.07) is 3.04. The number of methoxy groups -OCH3 is 1. The largest absolute Gasteiger partial charge is 0.496 e. The van der Waals surface area contributed by atoms with Crippen LogP contribution in [0.5, 0.6) is 5.75 Å². The van der Waals surface area contributed by atoms with E-state index in [1.54, 1.807) is 0 Å². The molecule has 1 rings (SSSR count). The number of ether oxygens (including phenoxy) is 1. The lowest BCUT2D eigenvalue weighted by molar-refractivity contribution is -0.285. The lowest BCUT2D eigenvalue weighted by Gasteiger charge is -2.43. The average Bonchev–Trinajstić information content (AvgIpc) is 2.50. The number of carbonyl (C=O) groups is 1. The molecule has 4 nitrogen and oxygen atoms in total. The maximum atomic E-state index is 13.4. The SMILES string of the molecule is C=C(c1ccc(F)cc1OC)C(C)(CC)C(O)(C(=O)O)C(F)(F)F. The van der Waals surface area contributed by atoms with Crippen molar-refractivity contribution < 1.29 is 37.3 Å². The summed E-state index contributed by atoms with van der Waals surface area (Å²) >= 11 is 0. The van der Waals surface area contributed by atoms with E-state index in [0.29, 0.717) is 0 Å². The van der Waals surface area contributed by atoms with Gasteiger partial charge in [0, 0.05) is 17.0 Å². The molecule has 0 saturated heterocycles. The van der Waals surface area contributed by atoms with Crippen molar-refractivity contribution >= 4 is 11.5 Å². The molecule has 0 aliphatic carbocycles. The molecular weight excluding hydrogens is 332 g/mol. The molecule has 2 N–H and O–H groups in total. The Bertz CT molecular complexity index is 656. The summed E-state index contributed by atoms with van der Waals surface area (Å²) in [5, 5.41) is 19.2. The molecule has 24 heavy (non-hydrogen) atoms. The van der Waals surface area contributed by atoms with Gasteiger partial charge in [-0.15, -0.1) is 0 Å². The van der Waals surface area contributed by atoms with Crippen LogP contribution in [0.4, 0.5) is 17.6 Å². The summed E-state index contributed by atoms with van der Waals surface area (Å²) in [6.07, 6.45) is -5.85. The third-order valence-electron chi connectivity index (χ3n) is 4.38. The van der Waals surface area contributed by atoms with Gasteiger partial charge >= 0.3 is 12.1 Å². The zero-order valence-electron chi connectivity index (χ0n) is 13.4. The van der Waals surface area contributed by atoms with E-state index in [4.69, 9.17) is 9.84 Å². The first-order valence-corrected chi connectivity index (χ1v) is 6.92. The molecule has 2 atom stereocenters. The first-order valence-electron chi connectivity index (χ1n) is 6.92. The number of halogens is 4. The molecule has 0 spiro atoms. The molecule has 0 aliphatic heterocycles. The molecule has 0 fully saturated rings. The fraction of sp³-hybridized carbons (Fsp3) is 0.438. The first-order chi connectivity index (χ1) is 10.9. The van der Waals surface area contributed by atoms with Gasteiger partial charge < -0.3 is 14.9 Å². The second kappa shape index (κ2) is 6.43. The Kier molecular flexibility index (Phi) is 5.34. The Labute approximate surface area is 136 Å². The van der Waals surface area contributed by atoms with Crippen LogP contribution >= 0.6 is 0 Å². The monoisotopic (exact) mass is 350 g/mol. The van der Waals surface area contributed by atoms with Crippen LogP contribution in [0.3, 0.4) is 0 Å². The molecule has 0 aliphatic rings. The van der Waals surface area contributed by atoms with Crippen molar-refractivity contribution in [2.75, 3.05) is 7.11 Å². The molecular formula is C16H18F4O4. The van der Waals surface area contributed by atoms with Crippen molar-refractivity contribution in [3.63, 3.8) is 0 Å². The fourth-order valence-corrected chi connectivity index (χ4v) is 2.57. The summed E-state index contributed by atoms with van der Waals surface area (Å²) in [6.45, 7) is 5.78. The van der Waals surface area contributed by atoms with Gasteiger partial charge in [0.05, 0.1) is 7.11 Å².